The van der Waals surface area contributed by atoms with Gasteiger partial charge in [-0.25, -0.2) is 4.79 Å². The number of carbonyl (C=O) groups is 2. The van der Waals surface area contributed by atoms with E-state index in [1.807, 2.05) is 6.07 Å². The van der Waals surface area contributed by atoms with Crippen molar-refractivity contribution in [2.75, 3.05) is 6.61 Å². The largest absolute Gasteiger partial charge is 0.472 e. The van der Waals surface area contributed by atoms with Crippen LogP contribution in [-0.2, 0) is 28.5 Å². The van der Waals surface area contributed by atoms with Gasteiger partial charge in [0.15, 0.2) is 6.29 Å². The highest BCUT2D eigenvalue weighted by Crippen LogP contribution is 2.72. The first-order chi connectivity index (χ1) is 19.8. The van der Waals surface area contributed by atoms with E-state index in [2.05, 4.69) is 27.7 Å². The van der Waals surface area contributed by atoms with E-state index in [0.717, 1.165) is 16.7 Å². The smallest absolute Gasteiger partial charge is 0.333 e. The Balaban J connectivity index is 1.58. The topological polar surface area (TPSA) is 125 Å². The minimum atomic E-state index is -1.08. The van der Waals surface area contributed by atoms with Crippen LogP contribution in [0.4, 0.5) is 0 Å². The first-order valence-corrected chi connectivity index (χ1v) is 15.2. The molecule has 2 saturated carbocycles. The van der Waals surface area contributed by atoms with Gasteiger partial charge in [0.2, 0.25) is 0 Å². The number of hydrogen-bond donors (Lipinski definition) is 2. The Labute approximate surface area is 247 Å². The number of allylic oxidation sites excluding steroid dienone is 2. The summed E-state index contributed by atoms with van der Waals surface area (Å²) in [7, 11) is 0. The van der Waals surface area contributed by atoms with Crippen molar-refractivity contribution in [3.05, 3.63) is 47.0 Å². The van der Waals surface area contributed by atoms with E-state index in [1.165, 1.54) is 6.92 Å². The van der Waals surface area contributed by atoms with Crippen molar-refractivity contribution in [1.82, 2.24) is 0 Å². The summed E-state index contributed by atoms with van der Waals surface area (Å²) in [6.07, 6.45) is 2.01. The molecule has 0 bridgehead atoms. The maximum Gasteiger partial charge on any atom is 0.333 e. The highest BCUT2D eigenvalue weighted by Gasteiger charge is 2.77. The van der Waals surface area contributed by atoms with E-state index in [1.54, 1.807) is 32.4 Å². The lowest BCUT2D eigenvalue weighted by Gasteiger charge is -2.66. The van der Waals surface area contributed by atoms with Crippen LogP contribution in [0.1, 0.15) is 79.2 Å². The number of ether oxygens (including phenoxy) is 4. The van der Waals surface area contributed by atoms with Gasteiger partial charge in [0.25, 0.3) is 0 Å². The first kappa shape index (κ1) is 29.6. The van der Waals surface area contributed by atoms with Crippen LogP contribution in [0.25, 0.3) is 0 Å². The number of rotatable bonds is 4. The summed E-state index contributed by atoms with van der Waals surface area (Å²) >= 11 is 0. The Morgan fingerprint density at radius 2 is 1.83 bits per heavy atom. The minimum Gasteiger partial charge on any atom is -0.472 e. The molecule has 0 radical (unpaired) electrons. The number of esters is 2. The van der Waals surface area contributed by atoms with Gasteiger partial charge in [-0.2, -0.15) is 0 Å². The molecule has 42 heavy (non-hydrogen) atoms. The fraction of sp³-hybridized carbons (Fsp3) is 0.697. The molecular formula is C33H44O9. The monoisotopic (exact) mass is 584 g/mol. The molecule has 3 heterocycles. The van der Waals surface area contributed by atoms with E-state index in [4.69, 9.17) is 23.4 Å². The number of hydrogen-bond acceptors (Lipinski definition) is 9. The molecule has 0 aromatic carbocycles. The molecular weight excluding hydrogens is 540 g/mol. The number of furan rings is 1. The van der Waals surface area contributed by atoms with Crippen LogP contribution >= 0.6 is 0 Å². The SMILES string of the molecule is CC=C(C)C(=O)O[C@@H]1[C@@H]2OC[C@@]3(C)C2[C@](C)([C@@H](O)C[C@H]3OC(C)=O)[C@H]2C[C@H](O)O[C@H]3C[C@@H](c4ccoc4)C(C)=C3[C@]12C. The van der Waals surface area contributed by atoms with Crippen molar-refractivity contribution in [2.24, 2.45) is 28.1 Å². The Hall–Kier alpha value is -2.46. The molecule has 1 aromatic rings. The second-order valence-corrected chi connectivity index (χ2v) is 13.9. The molecule has 230 valence electrons. The van der Waals surface area contributed by atoms with Crippen molar-refractivity contribution >= 4 is 11.9 Å². The minimum absolute atomic E-state index is 0.00469. The Morgan fingerprint density at radius 3 is 2.48 bits per heavy atom. The Morgan fingerprint density at radius 1 is 1.10 bits per heavy atom. The molecule has 0 spiro atoms. The molecule has 4 fully saturated rings. The van der Waals surface area contributed by atoms with E-state index in [-0.39, 0.29) is 30.6 Å². The van der Waals surface area contributed by atoms with Gasteiger partial charge in [-0.15, -0.1) is 0 Å². The Bertz CT molecular complexity index is 1310. The fourth-order valence-corrected chi connectivity index (χ4v) is 9.91. The second kappa shape index (κ2) is 10.0. The first-order valence-electron chi connectivity index (χ1n) is 15.2. The second-order valence-electron chi connectivity index (χ2n) is 13.9. The summed E-state index contributed by atoms with van der Waals surface area (Å²) in [5.41, 5.74) is 1.35. The summed E-state index contributed by atoms with van der Waals surface area (Å²) in [4.78, 5) is 25.7. The van der Waals surface area contributed by atoms with E-state index in [0.29, 0.717) is 18.6 Å². The van der Waals surface area contributed by atoms with Gasteiger partial charge in [0, 0.05) is 53.4 Å². The van der Waals surface area contributed by atoms with Gasteiger partial charge >= 0.3 is 11.9 Å². The van der Waals surface area contributed by atoms with Crippen LogP contribution in [-0.4, -0.2) is 65.6 Å². The summed E-state index contributed by atoms with van der Waals surface area (Å²) in [6.45, 7) is 13.5. The molecule has 12 atom stereocenters. The van der Waals surface area contributed by atoms with Gasteiger partial charge < -0.3 is 33.6 Å². The van der Waals surface area contributed by atoms with Crippen LogP contribution in [0.5, 0.6) is 0 Å². The molecule has 9 nitrogen and oxygen atoms in total. The van der Waals surface area contributed by atoms with Crippen LogP contribution in [0.2, 0.25) is 0 Å². The standard InChI is InChI=1S/C33H44O9/c1-8-16(2)30(37)42-29-27-28-31(5,15-39-27)24(40-18(4)34)13-23(35)32(28,6)22-12-25(36)41-21-11-20(19-9-10-38-14-19)17(3)26(21)33(22,29)7/h8-10,14,20-25,27-29,35-36H,11-13,15H2,1-7H3/t20-,21+,22-,23+,24-,25-,27-,28?,29-,31-,32+,33-/m1/s1. The molecule has 2 aliphatic heterocycles. The number of carbonyl (C=O) groups excluding carboxylic acids is 2. The maximum absolute atomic E-state index is 13.5. The number of aliphatic hydroxyl groups is 2. The number of fused-ring (bicyclic) bond motifs is 4. The number of aliphatic hydroxyl groups excluding tert-OH is 2. The predicted molar refractivity (Wildman–Crippen MR) is 151 cm³/mol. The molecule has 2 saturated heterocycles. The summed E-state index contributed by atoms with van der Waals surface area (Å²) in [6, 6.07) is 1.95. The zero-order valence-electron chi connectivity index (χ0n) is 25.6. The van der Waals surface area contributed by atoms with E-state index in [9.17, 15) is 19.8 Å². The summed E-state index contributed by atoms with van der Waals surface area (Å²) in [5.74, 6) is -1.51. The lowest BCUT2D eigenvalue weighted by Crippen LogP contribution is -2.72. The lowest BCUT2D eigenvalue weighted by atomic mass is 9.39. The highest BCUT2D eigenvalue weighted by molar-refractivity contribution is 5.87. The quantitative estimate of drug-likeness (QED) is 0.300. The summed E-state index contributed by atoms with van der Waals surface area (Å²) < 4.78 is 30.8. The van der Waals surface area contributed by atoms with Crippen molar-refractivity contribution in [1.29, 1.82) is 0 Å². The van der Waals surface area contributed by atoms with Gasteiger partial charge in [-0.05, 0) is 50.3 Å². The van der Waals surface area contributed by atoms with Crippen molar-refractivity contribution in [3.8, 4) is 0 Å². The summed E-state index contributed by atoms with van der Waals surface area (Å²) in [5, 5.41) is 23.4. The van der Waals surface area contributed by atoms with Gasteiger partial charge in [0.1, 0.15) is 12.2 Å². The average Bonchev–Trinajstić information content (AvgIpc) is 3.64. The third-order valence-corrected chi connectivity index (χ3v) is 11.9. The predicted octanol–water partition coefficient (Wildman–Crippen LogP) is 4.43. The fourth-order valence-electron chi connectivity index (χ4n) is 9.91. The molecule has 9 heteroatoms. The van der Waals surface area contributed by atoms with Crippen molar-refractivity contribution in [2.45, 2.75) is 110 Å². The Kier molecular flexibility index (Phi) is 7.08. The van der Waals surface area contributed by atoms with Gasteiger partial charge in [-0.1, -0.05) is 32.4 Å². The molecule has 3 aliphatic carbocycles. The zero-order valence-corrected chi connectivity index (χ0v) is 25.6. The molecule has 6 rings (SSSR count). The van der Waals surface area contributed by atoms with E-state index >= 15 is 0 Å². The van der Waals surface area contributed by atoms with Crippen LogP contribution in [0, 0.1) is 28.1 Å². The van der Waals surface area contributed by atoms with Crippen molar-refractivity contribution in [3.63, 3.8) is 0 Å². The molecule has 5 aliphatic rings. The highest BCUT2D eigenvalue weighted by atomic mass is 16.6. The zero-order chi connectivity index (χ0) is 30.4. The third-order valence-electron chi connectivity index (χ3n) is 11.9. The average molecular weight is 585 g/mol. The molecule has 1 aromatic heterocycles. The molecule has 2 N–H and O–H groups in total. The van der Waals surface area contributed by atoms with Crippen molar-refractivity contribution < 1.29 is 43.2 Å². The maximum atomic E-state index is 13.5. The van der Waals surface area contributed by atoms with Gasteiger partial charge in [-0.3, -0.25) is 4.79 Å². The van der Waals surface area contributed by atoms with Gasteiger partial charge in [0.05, 0.1) is 37.4 Å². The normalized spacial score (nSPS) is 46.4. The lowest BCUT2D eigenvalue weighted by molar-refractivity contribution is -0.258. The molecule has 0 amide bonds. The van der Waals surface area contributed by atoms with Crippen LogP contribution in [0.15, 0.2) is 45.8 Å². The third kappa shape index (κ3) is 3.96. The van der Waals surface area contributed by atoms with E-state index < -0.39 is 65.0 Å². The van der Waals surface area contributed by atoms with Crippen LogP contribution in [0.3, 0.4) is 0 Å². The van der Waals surface area contributed by atoms with Crippen LogP contribution < -0.4 is 0 Å². The molecule has 1 unspecified atom stereocenters.